The second kappa shape index (κ2) is 4.79. The molecular formula is C13H13ClF2N2O2. The molecule has 1 aromatic carbocycles. The van der Waals surface area contributed by atoms with Crippen LogP contribution in [0.1, 0.15) is 30.6 Å². The summed E-state index contributed by atoms with van der Waals surface area (Å²) in [7, 11) is 0. The maximum Gasteiger partial charge on any atom is 0.294 e. The third-order valence-corrected chi connectivity index (χ3v) is 3.36. The van der Waals surface area contributed by atoms with Crippen molar-refractivity contribution in [1.29, 1.82) is 0 Å². The van der Waals surface area contributed by atoms with Gasteiger partial charge in [0, 0.05) is 29.6 Å². The van der Waals surface area contributed by atoms with Gasteiger partial charge in [-0.25, -0.2) is 8.78 Å². The Balaban J connectivity index is 2.39. The maximum absolute atomic E-state index is 13.6. The molecular weight excluding hydrogens is 290 g/mol. The number of carbonyl (C=O) groups is 1. The van der Waals surface area contributed by atoms with Crippen molar-refractivity contribution in [2.45, 2.75) is 31.9 Å². The first kappa shape index (κ1) is 14.9. The van der Waals surface area contributed by atoms with E-state index in [9.17, 15) is 18.7 Å². The molecule has 1 aromatic rings. The van der Waals surface area contributed by atoms with Gasteiger partial charge < -0.3 is 5.11 Å². The lowest BCUT2D eigenvalue weighted by Crippen LogP contribution is -2.57. The number of hydrogen-bond donors (Lipinski definition) is 1. The summed E-state index contributed by atoms with van der Waals surface area (Å²) in [5.74, 6) is -4.31. The Morgan fingerprint density at radius 2 is 2.00 bits per heavy atom. The standard InChI is InChI=1S/C13H13ClF2N2O2/c1-8-7-13(20,12(2,15)16)18(17-8)11(19)9-3-5-10(14)6-4-9/h3-6,20H,7H2,1-2H3/t13-/m0/s1. The van der Waals surface area contributed by atoms with Crippen molar-refractivity contribution in [3.05, 3.63) is 34.9 Å². The van der Waals surface area contributed by atoms with Gasteiger partial charge in [0.15, 0.2) is 0 Å². The second-order valence-corrected chi connectivity index (χ2v) is 5.28. The zero-order chi connectivity index (χ0) is 15.1. The van der Waals surface area contributed by atoms with Gasteiger partial charge in [0.05, 0.1) is 0 Å². The Kier molecular flexibility index (Phi) is 3.56. The molecule has 0 aliphatic carbocycles. The highest BCUT2D eigenvalue weighted by atomic mass is 35.5. The van der Waals surface area contributed by atoms with Gasteiger partial charge in [0.25, 0.3) is 11.8 Å². The van der Waals surface area contributed by atoms with Crippen molar-refractivity contribution < 1.29 is 18.7 Å². The molecule has 0 saturated carbocycles. The van der Waals surface area contributed by atoms with Crippen molar-refractivity contribution in [3.8, 4) is 0 Å². The van der Waals surface area contributed by atoms with E-state index in [0.717, 1.165) is 0 Å². The molecule has 1 amide bonds. The average Bonchev–Trinajstić information content (AvgIpc) is 2.65. The van der Waals surface area contributed by atoms with Crippen LogP contribution < -0.4 is 0 Å². The molecule has 0 aromatic heterocycles. The molecule has 1 atom stereocenters. The Labute approximate surface area is 119 Å². The number of amides is 1. The van der Waals surface area contributed by atoms with Gasteiger partial charge in [0.1, 0.15) is 0 Å². The highest BCUT2D eigenvalue weighted by molar-refractivity contribution is 6.30. The minimum absolute atomic E-state index is 0.121. The van der Waals surface area contributed by atoms with E-state index < -0.39 is 24.0 Å². The van der Waals surface area contributed by atoms with Crippen molar-refractivity contribution >= 4 is 23.2 Å². The summed E-state index contributed by atoms with van der Waals surface area (Å²) in [5, 5.41) is 14.8. The quantitative estimate of drug-likeness (QED) is 0.913. The van der Waals surface area contributed by atoms with Crippen molar-refractivity contribution in [1.82, 2.24) is 5.01 Å². The lowest BCUT2D eigenvalue weighted by atomic mass is 10.0. The van der Waals surface area contributed by atoms with E-state index in [4.69, 9.17) is 11.6 Å². The summed E-state index contributed by atoms with van der Waals surface area (Å²) in [6.07, 6.45) is -0.393. The van der Waals surface area contributed by atoms with E-state index >= 15 is 0 Å². The summed E-state index contributed by atoms with van der Waals surface area (Å²) in [4.78, 5) is 12.2. The first-order valence-corrected chi connectivity index (χ1v) is 6.27. The largest absolute Gasteiger partial charge is 0.364 e. The van der Waals surface area contributed by atoms with Crippen molar-refractivity contribution in [3.63, 3.8) is 0 Å². The van der Waals surface area contributed by atoms with Crippen LogP contribution in [0.5, 0.6) is 0 Å². The average molecular weight is 303 g/mol. The van der Waals surface area contributed by atoms with E-state index in [0.29, 0.717) is 17.0 Å². The molecule has 0 bridgehead atoms. The molecule has 108 valence electrons. The van der Waals surface area contributed by atoms with Crippen LogP contribution in [0.15, 0.2) is 29.4 Å². The summed E-state index contributed by atoms with van der Waals surface area (Å²) >= 11 is 5.71. The summed E-state index contributed by atoms with van der Waals surface area (Å²) in [6.45, 7) is 2.04. The van der Waals surface area contributed by atoms with Crippen LogP contribution in [-0.4, -0.2) is 33.4 Å². The Morgan fingerprint density at radius 3 is 2.50 bits per heavy atom. The first-order chi connectivity index (χ1) is 9.15. The Hall–Kier alpha value is -1.53. The second-order valence-electron chi connectivity index (χ2n) is 4.84. The normalized spacial score (nSPS) is 22.9. The Morgan fingerprint density at radius 1 is 1.45 bits per heavy atom. The van der Waals surface area contributed by atoms with Crippen molar-refractivity contribution in [2.24, 2.45) is 5.10 Å². The van der Waals surface area contributed by atoms with Gasteiger partial charge in [0.2, 0.25) is 5.72 Å². The van der Waals surface area contributed by atoms with Crippen LogP contribution in [0.25, 0.3) is 0 Å². The monoisotopic (exact) mass is 302 g/mol. The lowest BCUT2D eigenvalue weighted by molar-refractivity contribution is -0.222. The van der Waals surface area contributed by atoms with E-state index in [-0.39, 0.29) is 11.3 Å². The molecule has 0 radical (unpaired) electrons. The summed E-state index contributed by atoms with van der Waals surface area (Å²) in [6, 6.07) is 5.71. The molecule has 0 fully saturated rings. The number of alkyl halides is 2. The van der Waals surface area contributed by atoms with Gasteiger partial charge in [-0.05, 0) is 31.2 Å². The van der Waals surface area contributed by atoms with Gasteiger partial charge in [-0.15, -0.1) is 0 Å². The number of rotatable bonds is 2. The van der Waals surface area contributed by atoms with Gasteiger partial charge in [-0.2, -0.15) is 10.1 Å². The van der Waals surface area contributed by atoms with Crippen LogP contribution in [0.3, 0.4) is 0 Å². The molecule has 0 saturated heterocycles. The third-order valence-electron chi connectivity index (χ3n) is 3.11. The van der Waals surface area contributed by atoms with E-state index in [1.54, 1.807) is 0 Å². The number of hydrogen-bond acceptors (Lipinski definition) is 3. The molecule has 0 unspecified atom stereocenters. The minimum Gasteiger partial charge on any atom is -0.364 e. The van der Waals surface area contributed by atoms with E-state index in [2.05, 4.69) is 5.10 Å². The predicted molar refractivity (Wildman–Crippen MR) is 70.9 cm³/mol. The molecule has 1 aliphatic rings. The van der Waals surface area contributed by atoms with E-state index in [1.165, 1.54) is 31.2 Å². The van der Waals surface area contributed by atoms with Crippen LogP contribution in [-0.2, 0) is 0 Å². The highest BCUT2D eigenvalue weighted by Gasteiger charge is 2.58. The number of aliphatic hydroxyl groups is 1. The minimum atomic E-state index is -3.50. The topological polar surface area (TPSA) is 52.9 Å². The molecule has 1 heterocycles. The van der Waals surface area contributed by atoms with Crippen molar-refractivity contribution in [2.75, 3.05) is 0 Å². The van der Waals surface area contributed by atoms with Gasteiger partial charge >= 0.3 is 0 Å². The number of hydrazone groups is 1. The fourth-order valence-electron chi connectivity index (χ4n) is 1.99. The fraction of sp³-hybridized carbons (Fsp3) is 0.385. The predicted octanol–water partition coefficient (Wildman–Crippen LogP) is 2.91. The lowest BCUT2D eigenvalue weighted by Gasteiger charge is -2.35. The first-order valence-electron chi connectivity index (χ1n) is 5.89. The SMILES string of the molecule is CC1=NN(C(=O)c2ccc(Cl)cc2)[C@@](O)(C(C)(F)F)C1. The number of carbonyl (C=O) groups excluding carboxylic acids is 1. The van der Waals surface area contributed by atoms with Gasteiger partial charge in [-0.3, -0.25) is 4.79 Å². The molecule has 0 spiro atoms. The molecule has 1 aliphatic heterocycles. The summed E-state index contributed by atoms with van der Waals surface area (Å²) < 4.78 is 27.3. The molecule has 1 N–H and O–H groups in total. The van der Waals surface area contributed by atoms with Gasteiger partial charge in [-0.1, -0.05) is 11.6 Å². The zero-order valence-corrected chi connectivity index (χ0v) is 11.7. The van der Waals surface area contributed by atoms with E-state index in [1.807, 2.05) is 0 Å². The van der Waals surface area contributed by atoms with Crippen LogP contribution >= 0.6 is 11.6 Å². The highest BCUT2D eigenvalue weighted by Crippen LogP contribution is 2.39. The zero-order valence-electron chi connectivity index (χ0n) is 10.9. The fourth-order valence-corrected chi connectivity index (χ4v) is 2.12. The van der Waals surface area contributed by atoms with Crippen LogP contribution in [0, 0.1) is 0 Å². The number of halogens is 3. The molecule has 7 heteroatoms. The maximum atomic E-state index is 13.6. The molecule has 20 heavy (non-hydrogen) atoms. The smallest absolute Gasteiger partial charge is 0.294 e. The third kappa shape index (κ3) is 2.41. The Bertz CT molecular complexity index is 569. The van der Waals surface area contributed by atoms with Crippen LogP contribution in [0.2, 0.25) is 5.02 Å². The number of benzene rings is 1. The van der Waals surface area contributed by atoms with Crippen LogP contribution in [0.4, 0.5) is 8.78 Å². The molecule has 2 rings (SSSR count). The summed E-state index contributed by atoms with van der Waals surface area (Å²) in [5.41, 5.74) is -2.26. The molecule has 4 nitrogen and oxygen atoms in total. The number of nitrogens with zero attached hydrogens (tertiary/aromatic N) is 2.